The lowest BCUT2D eigenvalue weighted by Gasteiger charge is -2.11. The zero-order valence-corrected chi connectivity index (χ0v) is 7.31. The first kappa shape index (κ1) is 9.72. The normalized spacial score (nSPS) is 14.6. The maximum atomic E-state index is 9.41. The van der Waals surface area contributed by atoms with E-state index < -0.39 is 12.2 Å². The van der Waals surface area contributed by atoms with Gasteiger partial charge in [0.05, 0.1) is 6.07 Å². The van der Waals surface area contributed by atoms with Crippen molar-refractivity contribution in [2.24, 2.45) is 0 Å². The lowest BCUT2D eigenvalue weighted by atomic mass is 10.0. The van der Waals surface area contributed by atoms with Gasteiger partial charge in [-0.3, -0.25) is 0 Å². The van der Waals surface area contributed by atoms with Gasteiger partial charge < -0.3 is 10.2 Å². The van der Waals surface area contributed by atoms with E-state index in [1.54, 1.807) is 18.2 Å². The third-order valence-electron chi connectivity index (χ3n) is 1.85. The van der Waals surface area contributed by atoms with Gasteiger partial charge in [0.2, 0.25) is 0 Å². The van der Waals surface area contributed by atoms with Crippen LogP contribution in [0.25, 0.3) is 0 Å². The quantitative estimate of drug-likeness (QED) is 0.660. The molecule has 3 heteroatoms. The highest BCUT2D eigenvalue weighted by Gasteiger charge is 2.16. The molecule has 2 atom stereocenters. The summed E-state index contributed by atoms with van der Waals surface area (Å²) in [5.41, 5.74) is 1.63. The minimum atomic E-state index is -1.36. The average molecular weight is 177 g/mol. The summed E-state index contributed by atoms with van der Waals surface area (Å²) in [5.74, 6) is 0. The SMILES string of the molecule is Cc1ccc([C@H](O)[C@@H](O)C#N)cc1. The molecule has 0 spiro atoms. The number of benzene rings is 1. The second-order valence-corrected chi connectivity index (χ2v) is 2.93. The molecule has 3 nitrogen and oxygen atoms in total. The van der Waals surface area contributed by atoms with E-state index in [9.17, 15) is 5.11 Å². The van der Waals surface area contributed by atoms with Crippen LogP contribution in [0.3, 0.4) is 0 Å². The highest BCUT2D eigenvalue weighted by molar-refractivity contribution is 5.24. The third kappa shape index (κ3) is 2.28. The Bertz CT molecular complexity index is 313. The van der Waals surface area contributed by atoms with Gasteiger partial charge in [0.25, 0.3) is 0 Å². The third-order valence-corrected chi connectivity index (χ3v) is 1.85. The second-order valence-electron chi connectivity index (χ2n) is 2.93. The van der Waals surface area contributed by atoms with Crippen molar-refractivity contribution in [1.29, 1.82) is 5.26 Å². The molecule has 0 aliphatic carbocycles. The van der Waals surface area contributed by atoms with E-state index in [1.807, 2.05) is 19.1 Å². The lowest BCUT2D eigenvalue weighted by molar-refractivity contribution is 0.0528. The summed E-state index contributed by atoms with van der Waals surface area (Å²) >= 11 is 0. The van der Waals surface area contributed by atoms with Gasteiger partial charge in [-0.15, -0.1) is 0 Å². The van der Waals surface area contributed by atoms with Crippen molar-refractivity contribution in [3.05, 3.63) is 35.4 Å². The topological polar surface area (TPSA) is 64.2 Å². The Morgan fingerprint density at radius 3 is 2.23 bits per heavy atom. The van der Waals surface area contributed by atoms with Crippen LogP contribution in [0.15, 0.2) is 24.3 Å². The van der Waals surface area contributed by atoms with Gasteiger partial charge in [-0.1, -0.05) is 29.8 Å². The Morgan fingerprint density at radius 1 is 1.23 bits per heavy atom. The molecule has 1 aromatic carbocycles. The first-order valence-electron chi connectivity index (χ1n) is 3.97. The molecule has 0 bridgehead atoms. The standard InChI is InChI=1S/C10H11NO2/c1-7-2-4-8(5-3-7)10(13)9(12)6-11/h2-5,9-10,12-13H,1H3/t9-,10-/m0/s1. The van der Waals surface area contributed by atoms with Gasteiger partial charge >= 0.3 is 0 Å². The summed E-state index contributed by atoms with van der Waals surface area (Å²) in [6, 6.07) is 8.62. The molecule has 0 saturated carbocycles. The van der Waals surface area contributed by atoms with Crippen LogP contribution in [-0.2, 0) is 0 Å². The monoisotopic (exact) mass is 177 g/mol. The van der Waals surface area contributed by atoms with Crippen molar-refractivity contribution < 1.29 is 10.2 Å². The number of rotatable bonds is 2. The van der Waals surface area contributed by atoms with Crippen molar-refractivity contribution in [3.8, 4) is 6.07 Å². The number of hydrogen-bond donors (Lipinski definition) is 2. The molecule has 0 amide bonds. The Kier molecular flexibility index (Phi) is 3.02. The smallest absolute Gasteiger partial charge is 0.170 e. The van der Waals surface area contributed by atoms with Crippen LogP contribution in [0.1, 0.15) is 17.2 Å². The average Bonchev–Trinajstić information content (AvgIpc) is 2.17. The molecule has 0 aliphatic rings. The van der Waals surface area contributed by atoms with E-state index in [0.717, 1.165) is 5.56 Å². The summed E-state index contributed by atoms with van der Waals surface area (Å²) in [6.45, 7) is 1.93. The van der Waals surface area contributed by atoms with Gasteiger partial charge in [-0.05, 0) is 12.5 Å². The summed E-state index contributed by atoms with van der Waals surface area (Å²) in [6.07, 6.45) is -2.48. The van der Waals surface area contributed by atoms with E-state index >= 15 is 0 Å². The molecule has 13 heavy (non-hydrogen) atoms. The molecule has 68 valence electrons. The van der Waals surface area contributed by atoms with E-state index in [0.29, 0.717) is 5.56 Å². The fourth-order valence-corrected chi connectivity index (χ4v) is 1.02. The fraction of sp³-hybridized carbons (Fsp3) is 0.300. The minimum Gasteiger partial charge on any atom is -0.385 e. The fourth-order valence-electron chi connectivity index (χ4n) is 1.02. The molecule has 0 fully saturated rings. The van der Waals surface area contributed by atoms with Crippen LogP contribution in [0.2, 0.25) is 0 Å². The highest BCUT2D eigenvalue weighted by Crippen LogP contribution is 2.16. The summed E-state index contributed by atoms with van der Waals surface area (Å²) < 4.78 is 0. The molecular formula is C10H11NO2. The van der Waals surface area contributed by atoms with Crippen LogP contribution in [0.5, 0.6) is 0 Å². The van der Waals surface area contributed by atoms with E-state index in [4.69, 9.17) is 10.4 Å². The number of nitriles is 1. The van der Waals surface area contributed by atoms with Crippen LogP contribution in [-0.4, -0.2) is 16.3 Å². The van der Waals surface area contributed by atoms with Crippen molar-refractivity contribution in [1.82, 2.24) is 0 Å². The lowest BCUT2D eigenvalue weighted by Crippen LogP contribution is -2.15. The molecule has 1 aromatic rings. The Labute approximate surface area is 76.9 Å². The highest BCUT2D eigenvalue weighted by atomic mass is 16.3. The van der Waals surface area contributed by atoms with Gasteiger partial charge in [0.15, 0.2) is 6.10 Å². The molecule has 1 rings (SSSR count). The summed E-state index contributed by atoms with van der Waals surface area (Å²) in [7, 11) is 0. The van der Waals surface area contributed by atoms with Crippen LogP contribution < -0.4 is 0 Å². The molecule has 0 aliphatic heterocycles. The first-order chi connectivity index (χ1) is 6.15. The van der Waals surface area contributed by atoms with Crippen molar-refractivity contribution in [2.45, 2.75) is 19.1 Å². The summed E-state index contributed by atoms with van der Waals surface area (Å²) in [5, 5.41) is 26.8. The van der Waals surface area contributed by atoms with Crippen LogP contribution in [0.4, 0.5) is 0 Å². The van der Waals surface area contributed by atoms with E-state index in [-0.39, 0.29) is 0 Å². The Hall–Kier alpha value is -1.37. The predicted molar refractivity (Wildman–Crippen MR) is 47.8 cm³/mol. The number of aliphatic hydroxyl groups excluding tert-OH is 2. The van der Waals surface area contributed by atoms with Crippen molar-refractivity contribution in [3.63, 3.8) is 0 Å². The Morgan fingerprint density at radius 2 is 1.77 bits per heavy atom. The van der Waals surface area contributed by atoms with E-state index in [2.05, 4.69) is 0 Å². The molecule has 0 saturated heterocycles. The van der Waals surface area contributed by atoms with Crippen LogP contribution >= 0.6 is 0 Å². The van der Waals surface area contributed by atoms with Gasteiger partial charge in [-0.2, -0.15) is 5.26 Å². The first-order valence-corrected chi connectivity index (χ1v) is 3.97. The van der Waals surface area contributed by atoms with E-state index in [1.165, 1.54) is 0 Å². The number of aryl methyl sites for hydroxylation is 1. The molecular weight excluding hydrogens is 166 g/mol. The minimum absolute atomic E-state index is 0.555. The summed E-state index contributed by atoms with van der Waals surface area (Å²) in [4.78, 5) is 0. The number of hydrogen-bond acceptors (Lipinski definition) is 3. The molecule has 0 aromatic heterocycles. The zero-order chi connectivity index (χ0) is 9.84. The number of aliphatic hydroxyl groups is 2. The maximum Gasteiger partial charge on any atom is 0.170 e. The van der Waals surface area contributed by atoms with Crippen molar-refractivity contribution >= 4 is 0 Å². The zero-order valence-electron chi connectivity index (χ0n) is 7.31. The molecule has 0 radical (unpaired) electrons. The van der Waals surface area contributed by atoms with Gasteiger partial charge in [0.1, 0.15) is 6.10 Å². The van der Waals surface area contributed by atoms with Gasteiger partial charge in [-0.25, -0.2) is 0 Å². The van der Waals surface area contributed by atoms with Crippen molar-refractivity contribution in [2.75, 3.05) is 0 Å². The van der Waals surface area contributed by atoms with Gasteiger partial charge in [0, 0.05) is 0 Å². The second kappa shape index (κ2) is 4.04. The molecule has 0 unspecified atom stereocenters. The predicted octanol–water partition coefficient (Wildman–Crippen LogP) is 0.913. The molecule has 0 heterocycles. The number of nitrogens with zero attached hydrogens (tertiary/aromatic N) is 1. The maximum absolute atomic E-state index is 9.41. The molecule has 2 N–H and O–H groups in total. The largest absolute Gasteiger partial charge is 0.385 e. The Balaban J connectivity index is 2.84. The van der Waals surface area contributed by atoms with Crippen LogP contribution in [0, 0.1) is 18.3 Å².